The predicted molar refractivity (Wildman–Crippen MR) is 62.8 cm³/mol. The Labute approximate surface area is 88.5 Å². The largest absolute Gasteiger partial charge is 0.330 e. The van der Waals surface area contributed by atoms with Crippen molar-refractivity contribution in [1.29, 1.82) is 0 Å². The number of rotatable bonds is 4. The third-order valence-electron chi connectivity index (χ3n) is 1.90. The molecule has 0 aliphatic rings. The van der Waals surface area contributed by atoms with Crippen LogP contribution in [0.3, 0.4) is 0 Å². The van der Waals surface area contributed by atoms with E-state index in [0.717, 1.165) is 13.0 Å². The first-order chi connectivity index (χ1) is 6.33. The Kier molecular flexibility index (Phi) is 4.70. The van der Waals surface area contributed by atoms with Gasteiger partial charge in [-0.3, -0.25) is 0 Å². The Hall–Kier alpha value is -0.120. The number of hydrogen-bond acceptors (Lipinski definition) is 3. The van der Waals surface area contributed by atoms with Gasteiger partial charge in [-0.25, -0.2) is 0 Å². The topological polar surface area (TPSA) is 26.0 Å². The smallest absolute Gasteiger partial charge is 0.0238 e. The molecule has 1 rings (SSSR count). The van der Waals surface area contributed by atoms with Crippen molar-refractivity contribution in [3.05, 3.63) is 23.8 Å². The van der Waals surface area contributed by atoms with Gasteiger partial charge in [0.1, 0.15) is 0 Å². The Bertz CT molecular complexity index is 274. The lowest BCUT2D eigenvalue weighted by atomic mass is 10.1. The minimum absolute atomic E-state index is 0.728. The summed E-state index contributed by atoms with van der Waals surface area (Å²) in [4.78, 5) is 2.75. The lowest BCUT2D eigenvalue weighted by molar-refractivity contribution is 0.929. The molecule has 0 aliphatic heterocycles. The van der Waals surface area contributed by atoms with Crippen molar-refractivity contribution in [2.24, 2.45) is 5.73 Å². The molecule has 1 nitrogen and oxygen atoms in total. The molecular formula is C10H15NS2. The highest BCUT2D eigenvalue weighted by molar-refractivity contribution is 8.01. The minimum atomic E-state index is 0.728. The molecule has 2 N–H and O–H groups in total. The summed E-state index contributed by atoms with van der Waals surface area (Å²) in [6.45, 7) is 0.728. The third-order valence-corrected chi connectivity index (χ3v) is 3.70. The van der Waals surface area contributed by atoms with Gasteiger partial charge in [-0.05, 0) is 37.1 Å². The maximum atomic E-state index is 5.56. The fourth-order valence-corrected chi connectivity index (χ4v) is 3.04. The number of thioether (sulfide) groups is 2. The molecular weight excluding hydrogens is 198 g/mol. The summed E-state index contributed by atoms with van der Waals surface area (Å²) >= 11 is 3.61. The summed E-state index contributed by atoms with van der Waals surface area (Å²) in [5.41, 5.74) is 6.94. The summed E-state index contributed by atoms with van der Waals surface area (Å²) in [7, 11) is 0. The van der Waals surface area contributed by atoms with Crippen LogP contribution in [0.1, 0.15) is 5.56 Å². The fourth-order valence-electron chi connectivity index (χ4n) is 1.31. The number of benzene rings is 1. The van der Waals surface area contributed by atoms with Gasteiger partial charge in [-0.1, -0.05) is 12.1 Å². The van der Waals surface area contributed by atoms with Crippen molar-refractivity contribution in [2.45, 2.75) is 16.2 Å². The van der Waals surface area contributed by atoms with Crippen LogP contribution in [-0.2, 0) is 6.42 Å². The van der Waals surface area contributed by atoms with Crippen LogP contribution in [-0.4, -0.2) is 19.1 Å². The third kappa shape index (κ3) is 2.66. The van der Waals surface area contributed by atoms with E-state index in [0.29, 0.717) is 0 Å². The Morgan fingerprint density at radius 3 is 2.54 bits per heavy atom. The van der Waals surface area contributed by atoms with Crippen LogP contribution >= 0.6 is 23.5 Å². The van der Waals surface area contributed by atoms with Crippen LogP contribution in [0.15, 0.2) is 28.0 Å². The second-order valence-corrected chi connectivity index (χ2v) is 4.36. The maximum Gasteiger partial charge on any atom is 0.0238 e. The highest BCUT2D eigenvalue weighted by Gasteiger charge is 2.05. The quantitative estimate of drug-likeness (QED) is 0.779. The minimum Gasteiger partial charge on any atom is -0.330 e. The monoisotopic (exact) mass is 213 g/mol. The molecule has 0 spiro atoms. The summed E-state index contributed by atoms with van der Waals surface area (Å²) in [5, 5.41) is 0. The van der Waals surface area contributed by atoms with E-state index in [-0.39, 0.29) is 0 Å². The van der Waals surface area contributed by atoms with E-state index in [1.807, 2.05) is 11.8 Å². The van der Waals surface area contributed by atoms with E-state index in [1.165, 1.54) is 15.4 Å². The van der Waals surface area contributed by atoms with E-state index in [9.17, 15) is 0 Å². The van der Waals surface area contributed by atoms with Gasteiger partial charge < -0.3 is 5.73 Å². The van der Waals surface area contributed by atoms with Crippen molar-refractivity contribution in [3.63, 3.8) is 0 Å². The van der Waals surface area contributed by atoms with Gasteiger partial charge in [-0.15, -0.1) is 23.5 Å². The van der Waals surface area contributed by atoms with Gasteiger partial charge in [-0.2, -0.15) is 0 Å². The van der Waals surface area contributed by atoms with Crippen LogP contribution in [0.4, 0.5) is 0 Å². The van der Waals surface area contributed by atoms with E-state index in [1.54, 1.807) is 11.8 Å². The van der Waals surface area contributed by atoms with Crippen molar-refractivity contribution in [3.8, 4) is 0 Å². The molecule has 0 saturated carbocycles. The molecule has 0 amide bonds. The van der Waals surface area contributed by atoms with E-state index in [4.69, 9.17) is 5.73 Å². The SMILES string of the molecule is CSc1cccc(CCN)c1SC. The average molecular weight is 213 g/mol. The molecule has 1 aromatic carbocycles. The van der Waals surface area contributed by atoms with Crippen molar-refractivity contribution in [1.82, 2.24) is 0 Å². The molecule has 0 aromatic heterocycles. The Morgan fingerprint density at radius 2 is 2.00 bits per heavy atom. The van der Waals surface area contributed by atoms with Crippen LogP contribution in [0.2, 0.25) is 0 Å². The molecule has 0 bridgehead atoms. The van der Waals surface area contributed by atoms with Gasteiger partial charge in [0, 0.05) is 9.79 Å². The zero-order valence-electron chi connectivity index (χ0n) is 8.04. The van der Waals surface area contributed by atoms with Gasteiger partial charge in [0.05, 0.1) is 0 Å². The maximum absolute atomic E-state index is 5.56. The van der Waals surface area contributed by atoms with Crippen LogP contribution in [0.5, 0.6) is 0 Å². The Balaban J connectivity index is 3.03. The lowest BCUT2D eigenvalue weighted by Gasteiger charge is -2.09. The van der Waals surface area contributed by atoms with Gasteiger partial charge in [0.25, 0.3) is 0 Å². The lowest BCUT2D eigenvalue weighted by Crippen LogP contribution is -2.03. The highest BCUT2D eigenvalue weighted by Crippen LogP contribution is 2.31. The molecule has 0 saturated heterocycles. The second kappa shape index (κ2) is 5.58. The van der Waals surface area contributed by atoms with Gasteiger partial charge in [0.15, 0.2) is 0 Å². The van der Waals surface area contributed by atoms with Gasteiger partial charge in [0.2, 0.25) is 0 Å². The summed E-state index contributed by atoms with van der Waals surface area (Å²) < 4.78 is 0. The van der Waals surface area contributed by atoms with Crippen molar-refractivity contribution < 1.29 is 0 Å². The zero-order valence-corrected chi connectivity index (χ0v) is 9.67. The summed E-state index contributed by atoms with van der Waals surface area (Å²) in [5.74, 6) is 0. The molecule has 1 aromatic rings. The summed E-state index contributed by atoms with van der Waals surface area (Å²) in [6.07, 6.45) is 5.21. The van der Waals surface area contributed by atoms with Crippen molar-refractivity contribution in [2.75, 3.05) is 19.1 Å². The second-order valence-electron chi connectivity index (χ2n) is 2.69. The molecule has 3 heteroatoms. The van der Waals surface area contributed by atoms with Crippen LogP contribution in [0.25, 0.3) is 0 Å². The van der Waals surface area contributed by atoms with Crippen molar-refractivity contribution >= 4 is 23.5 Å². The molecule has 0 atom stereocenters. The molecule has 13 heavy (non-hydrogen) atoms. The van der Waals surface area contributed by atoms with Gasteiger partial charge >= 0.3 is 0 Å². The first kappa shape index (κ1) is 11.0. The van der Waals surface area contributed by atoms with E-state index in [2.05, 4.69) is 30.7 Å². The highest BCUT2D eigenvalue weighted by atomic mass is 32.2. The molecule has 0 heterocycles. The number of nitrogens with two attached hydrogens (primary N) is 1. The molecule has 72 valence electrons. The first-order valence-electron chi connectivity index (χ1n) is 4.23. The van der Waals surface area contributed by atoms with E-state index >= 15 is 0 Å². The van der Waals surface area contributed by atoms with Crippen LogP contribution < -0.4 is 5.73 Å². The van der Waals surface area contributed by atoms with E-state index < -0.39 is 0 Å². The standard InChI is InChI=1S/C10H15NS2/c1-12-9-5-3-4-8(6-7-11)10(9)13-2/h3-5H,6-7,11H2,1-2H3. The number of hydrogen-bond donors (Lipinski definition) is 1. The first-order valence-corrected chi connectivity index (χ1v) is 6.68. The normalized spacial score (nSPS) is 10.4. The van der Waals surface area contributed by atoms with Crippen LogP contribution in [0, 0.1) is 0 Å². The Morgan fingerprint density at radius 1 is 1.23 bits per heavy atom. The molecule has 0 fully saturated rings. The molecule has 0 unspecified atom stereocenters. The summed E-state index contributed by atoms with van der Waals surface area (Å²) in [6, 6.07) is 6.44. The zero-order chi connectivity index (χ0) is 9.68. The molecule has 0 radical (unpaired) electrons. The average Bonchev–Trinajstić information content (AvgIpc) is 2.18. The predicted octanol–water partition coefficient (Wildman–Crippen LogP) is 2.63. The molecule has 0 aliphatic carbocycles. The fraction of sp³-hybridized carbons (Fsp3) is 0.400.